The van der Waals surface area contributed by atoms with Gasteiger partial charge < -0.3 is 14.7 Å². The van der Waals surface area contributed by atoms with Crippen molar-refractivity contribution in [3.8, 4) is 5.75 Å². The van der Waals surface area contributed by atoms with Gasteiger partial charge in [-0.3, -0.25) is 14.4 Å². The maximum atomic E-state index is 12.6. The molecule has 0 saturated carbocycles. The topological polar surface area (TPSA) is 87.2 Å². The van der Waals surface area contributed by atoms with E-state index in [4.69, 9.17) is 9.84 Å². The second kappa shape index (κ2) is 8.87. The third-order valence-electron chi connectivity index (χ3n) is 3.79. The molecule has 0 radical (unpaired) electrons. The van der Waals surface area contributed by atoms with Gasteiger partial charge in [-0.15, -0.1) is 0 Å². The number of amides is 3. The van der Waals surface area contributed by atoms with Crippen LogP contribution in [0.25, 0.3) is 0 Å². The van der Waals surface area contributed by atoms with Gasteiger partial charge in [0, 0.05) is 19.5 Å². The van der Waals surface area contributed by atoms with E-state index >= 15 is 0 Å². The highest BCUT2D eigenvalue weighted by Gasteiger charge is 2.42. The Morgan fingerprint density at radius 3 is 2.52 bits per heavy atom. The first-order valence-corrected chi connectivity index (χ1v) is 9.05. The van der Waals surface area contributed by atoms with Crippen LogP contribution in [0.1, 0.15) is 20.3 Å². The maximum Gasteiger partial charge on any atom is 0.293 e. The number of nitrogens with zero attached hydrogens (tertiary/aromatic N) is 2. The van der Waals surface area contributed by atoms with Crippen LogP contribution in [0.15, 0.2) is 24.3 Å². The van der Waals surface area contributed by atoms with Crippen molar-refractivity contribution in [3.63, 3.8) is 0 Å². The minimum atomic E-state index is -0.737. The van der Waals surface area contributed by atoms with E-state index in [1.165, 1.54) is 4.90 Å². The van der Waals surface area contributed by atoms with Crippen LogP contribution < -0.4 is 9.64 Å². The number of ether oxygens (including phenoxy) is 1. The number of imide groups is 1. The van der Waals surface area contributed by atoms with Gasteiger partial charge in [0.15, 0.2) is 0 Å². The number of benzene rings is 1. The summed E-state index contributed by atoms with van der Waals surface area (Å²) in [5, 5.41) is 7.86. The van der Waals surface area contributed by atoms with Crippen LogP contribution in [-0.2, 0) is 9.59 Å². The van der Waals surface area contributed by atoms with Gasteiger partial charge in [0.05, 0.1) is 18.9 Å². The number of hydrogen-bond donors (Lipinski definition) is 1. The van der Waals surface area contributed by atoms with Crippen molar-refractivity contribution < 1.29 is 24.2 Å². The van der Waals surface area contributed by atoms with Crippen molar-refractivity contribution >= 4 is 34.5 Å². The minimum Gasteiger partial charge on any atom is -0.494 e. The predicted octanol–water partition coefficient (Wildman–Crippen LogP) is 1.88. The van der Waals surface area contributed by atoms with Gasteiger partial charge in [-0.05, 0) is 49.9 Å². The van der Waals surface area contributed by atoms with Crippen LogP contribution in [-0.4, -0.2) is 58.6 Å². The summed E-state index contributed by atoms with van der Waals surface area (Å²) in [6.45, 7) is 4.73. The van der Waals surface area contributed by atoms with Crippen molar-refractivity contribution in [3.05, 3.63) is 24.3 Å². The van der Waals surface area contributed by atoms with Crippen molar-refractivity contribution in [2.24, 2.45) is 0 Å². The van der Waals surface area contributed by atoms with Crippen LogP contribution in [0.2, 0.25) is 0 Å². The molecule has 1 saturated heterocycles. The lowest BCUT2D eigenvalue weighted by Gasteiger charge is -2.20. The standard InChI is InChI=1S/C17H22N2O5S/c1-3-18(9-10-20)15(21)11-14-16(22)19(17(23)25-14)12-5-7-13(8-6-12)24-4-2/h5-8,14,20H,3-4,9-11H2,1-2H3. The number of rotatable bonds is 8. The molecule has 25 heavy (non-hydrogen) atoms. The summed E-state index contributed by atoms with van der Waals surface area (Å²) in [5.41, 5.74) is 0.462. The van der Waals surface area contributed by atoms with Crippen molar-refractivity contribution in [1.82, 2.24) is 4.90 Å². The maximum absolute atomic E-state index is 12.6. The molecule has 7 nitrogen and oxygen atoms in total. The largest absolute Gasteiger partial charge is 0.494 e. The van der Waals surface area contributed by atoms with Crippen LogP contribution in [0, 0.1) is 0 Å². The predicted molar refractivity (Wildman–Crippen MR) is 95.8 cm³/mol. The zero-order valence-corrected chi connectivity index (χ0v) is 15.1. The summed E-state index contributed by atoms with van der Waals surface area (Å²) in [6, 6.07) is 6.69. The Bertz CT molecular complexity index is 634. The van der Waals surface area contributed by atoms with Crippen molar-refractivity contribution in [2.75, 3.05) is 31.2 Å². The van der Waals surface area contributed by atoms with Crippen LogP contribution >= 0.6 is 11.8 Å². The second-order valence-corrected chi connectivity index (χ2v) is 6.53. The molecule has 3 amide bonds. The van der Waals surface area contributed by atoms with E-state index in [1.54, 1.807) is 31.2 Å². The van der Waals surface area contributed by atoms with Gasteiger partial charge in [0.25, 0.3) is 5.24 Å². The molecule has 1 fully saturated rings. The fraction of sp³-hybridized carbons (Fsp3) is 0.471. The van der Waals surface area contributed by atoms with Crippen molar-refractivity contribution in [2.45, 2.75) is 25.5 Å². The van der Waals surface area contributed by atoms with Gasteiger partial charge in [-0.2, -0.15) is 0 Å². The number of carbonyl (C=O) groups excluding carboxylic acids is 3. The zero-order valence-electron chi connectivity index (χ0n) is 14.3. The molecule has 1 atom stereocenters. The fourth-order valence-electron chi connectivity index (χ4n) is 2.55. The van der Waals surface area contributed by atoms with Crippen LogP contribution in [0.3, 0.4) is 0 Å². The van der Waals surface area contributed by atoms with E-state index in [2.05, 4.69) is 0 Å². The molecule has 1 heterocycles. The fourth-order valence-corrected chi connectivity index (χ4v) is 3.52. The van der Waals surface area contributed by atoms with E-state index in [0.717, 1.165) is 16.7 Å². The molecule has 2 rings (SSSR count). The number of likely N-dealkylation sites (N-methyl/N-ethyl adjacent to an activating group) is 1. The summed E-state index contributed by atoms with van der Waals surface area (Å²) in [4.78, 5) is 39.6. The lowest BCUT2D eigenvalue weighted by molar-refractivity contribution is -0.133. The van der Waals surface area contributed by atoms with Gasteiger partial charge in [-0.25, -0.2) is 4.90 Å². The molecule has 0 aliphatic carbocycles. The summed E-state index contributed by atoms with van der Waals surface area (Å²) < 4.78 is 5.35. The quantitative estimate of drug-likeness (QED) is 0.756. The summed E-state index contributed by atoms with van der Waals surface area (Å²) >= 11 is 0.862. The van der Waals surface area contributed by atoms with Gasteiger partial charge in [0.2, 0.25) is 11.8 Å². The molecule has 0 spiro atoms. The Labute approximate surface area is 150 Å². The number of aliphatic hydroxyl groups excluding tert-OH is 1. The van der Waals surface area contributed by atoms with E-state index in [-0.39, 0.29) is 25.5 Å². The Morgan fingerprint density at radius 2 is 1.96 bits per heavy atom. The molecular weight excluding hydrogens is 344 g/mol. The molecule has 1 unspecified atom stereocenters. The molecule has 136 valence electrons. The summed E-state index contributed by atoms with van der Waals surface area (Å²) in [5.74, 6) is 0.0172. The lowest BCUT2D eigenvalue weighted by Crippen LogP contribution is -2.37. The molecule has 1 aromatic carbocycles. The van der Waals surface area contributed by atoms with Crippen molar-refractivity contribution in [1.29, 1.82) is 0 Å². The molecule has 1 aliphatic heterocycles. The second-order valence-electron chi connectivity index (χ2n) is 5.37. The Morgan fingerprint density at radius 1 is 1.28 bits per heavy atom. The Hall–Kier alpha value is -2.06. The van der Waals surface area contributed by atoms with E-state index in [9.17, 15) is 14.4 Å². The average molecular weight is 366 g/mol. The van der Waals surface area contributed by atoms with Crippen LogP contribution in [0.5, 0.6) is 5.75 Å². The number of carbonyl (C=O) groups is 3. The van der Waals surface area contributed by atoms with E-state index in [0.29, 0.717) is 24.6 Å². The average Bonchev–Trinajstić information content (AvgIpc) is 2.87. The number of hydrogen-bond acceptors (Lipinski definition) is 6. The third kappa shape index (κ3) is 4.52. The molecular formula is C17H22N2O5S. The highest BCUT2D eigenvalue weighted by molar-refractivity contribution is 8.15. The number of aliphatic hydroxyl groups is 1. The SMILES string of the molecule is CCOc1ccc(N2C(=O)SC(CC(=O)N(CC)CCO)C2=O)cc1. The zero-order chi connectivity index (χ0) is 18.4. The Kier molecular flexibility index (Phi) is 6.83. The van der Waals surface area contributed by atoms with Gasteiger partial charge >= 0.3 is 0 Å². The summed E-state index contributed by atoms with van der Waals surface area (Å²) in [6.07, 6.45) is -0.0589. The highest BCUT2D eigenvalue weighted by atomic mass is 32.2. The molecule has 0 aromatic heterocycles. The minimum absolute atomic E-state index is 0.0589. The monoisotopic (exact) mass is 366 g/mol. The van der Waals surface area contributed by atoms with Gasteiger partial charge in [0.1, 0.15) is 11.0 Å². The summed E-state index contributed by atoms with van der Waals surface area (Å²) in [7, 11) is 0. The van der Waals surface area contributed by atoms with Gasteiger partial charge in [-0.1, -0.05) is 0 Å². The lowest BCUT2D eigenvalue weighted by atomic mass is 10.2. The Balaban J connectivity index is 2.07. The molecule has 1 N–H and O–H groups in total. The van der Waals surface area contributed by atoms with E-state index < -0.39 is 16.4 Å². The molecule has 0 bridgehead atoms. The first-order valence-electron chi connectivity index (χ1n) is 8.17. The van der Waals surface area contributed by atoms with Crippen LogP contribution in [0.4, 0.5) is 10.5 Å². The van der Waals surface area contributed by atoms with E-state index in [1.807, 2.05) is 6.92 Å². The third-order valence-corrected chi connectivity index (χ3v) is 4.83. The normalized spacial score (nSPS) is 17.1. The first-order chi connectivity index (χ1) is 12.0. The highest BCUT2D eigenvalue weighted by Crippen LogP contribution is 2.34. The molecule has 1 aliphatic rings. The number of thioether (sulfide) groups is 1. The molecule has 8 heteroatoms. The smallest absolute Gasteiger partial charge is 0.293 e. The number of anilines is 1. The first kappa shape index (κ1) is 19.3. The molecule has 1 aromatic rings.